The van der Waals surface area contributed by atoms with Crippen molar-refractivity contribution in [3.8, 4) is 12.0 Å². The molecule has 0 bridgehead atoms. The zero-order chi connectivity index (χ0) is 16.5. The highest BCUT2D eigenvalue weighted by Gasteiger charge is 2.33. The van der Waals surface area contributed by atoms with Crippen LogP contribution in [0, 0.1) is 0 Å². The highest BCUT2D eigenvalue weighted by atomic mass is 16.5. The first kappa shape index (κ1) is 17.8. The molecular formula is C14H25N4O5+. The largest absolute Gasteiger partial charge is 0.461 e. The number of methoxy groups -OCH3 is 2. The molecule has 0 saturated carbocycles. The van der Waals surface area contributed by atoms with E-state index in [9.17, 15) is 0 Å². The second-order valence-electron chi connectivity index (χ2n) is 5.34. The normalized spacial score (nSPS) is 17.0. The maximum atomic E-state index is 5.53. The Balaban J connectivity index is 2.17. The fourth-order valence-corrected chi connectivity index (χ4v) is 2.08. The van der Waals surface area contributed by atoms with Gasteiger partial charge in [0.1, 0.15) is 26.3 Å². The zero-order valence-corrected chi connectivity index (χ0v) is 14.0. The molecule has 2 rings (SSSR count). The van der Waals surface area contributed by atoms with Crippen LogP contribution in [0.2, 0.25) is 0 Å². The van der Waals surface area contributed by atoms with E-state index in [-0.39, 0.29) is 12.0 Å². The summed E-state index contributed by atoms with van der Waals surface area (Å²) in [7, 11) is 5.29. The summed E-state index contributed by atoms with van der Waals surface area (Å²) in [6.45, 7) is 4.57. The Bertz CT molecular complexity index is 454. The van der Waals surface area contributed by atoms with Crippen molar-refractivity contribution in [2.75, 3.05) is 74.0 Å². The van der Waals surface area contributed by atoms with Gasteiger partial charge in [0.2, 0.25) is 0 Å². The fraction of sp³-hybridized carbons (Fsp3) is 0.786. The van der Waals surface area contributed by atoms with Crippen molar-refractivity contribution in [2.45, 2.75) is 0 Å². The lowest BCUT2D eigenvalue weighted by Gasteiger charge is -2.34. The zero-order valence-electron chi connectivity index (χ0n) is 14.0. The van der Waals surface area contributed by atoms with E-state index in [1.807, 2.05) is 0 Å². The second-order valence-corrected chi connectivity index (χ2v) is 5.34. The fourth-order valence-electron chi connectivity index (χ4n) is 2.08. The molecule has 0 atom stereocenters. The van der Waals surface area contributed by atoms with Crippen molar-refractivity contribution in [1.82, 2.24) is 19.4 Å². The lowest BCUT2D eigenvalue weighted by atomic mass is 10.4. The van der Waals surface area contributed by atoms with Crippen LogP contribution in [0.3, 0.4) is 0 Å². The maximum Gasteiger partial charge on any atom is 0.338 e. The van der Waals surface area contributed by atoms with Crippen LogP contribution in [0.15, 0.2) is 0 Å². The Morgan fingerprint density at radius 3 is 1.87 bits per heavy atom. The van der Waals surface area contributed by atoms with Crippen molar-refractivity contribution in [2.24, 2.45) is 0 Å². The van der Waals surface area contributed by atoms with Crippen LogP contribution >= 0.6 is 0 Å². The lowest BCUT2D eigenvalue weighted by molar-refractivity contribution is 0.0485. The summed E-state index contributed by atoms with van der Waals surface area (Å²) in [5.41, 5.74) is 0. The Morgan fingerprint density at radius 1 is 0.870 bits per heavy atom. The number of ether oxygens (including phenoxy) is 5. The molecule has 0 aliphatic carbocycles. The molecule has 1 fully saturated rings. The minimum atomic E-state index is 0.241. The number of rotatable bonds is 9. The first-order valence-electron chi connectivity index (χ1n) is 7.60. The summed E-state index contributed by atoms with van der Waals surface area (Å²) < 4.78 is 27.0. The molecule has 0 spiro atoms. The van der Waals surface area contributed by atoms with Gasteiger partial charge in [-0.25, -0.2) is 0 Å². The van der Waals surface area contributed by atoms with Crippen LogP contribution in [0.1, 0.15) is 0 Å². The highest BCUT2D eigenvalue weighted by Crippen LogP contribution is 2.22. The molecule has 9 nitrogen and oxygen atoms in total. The summed E-state index contributed by atoms with van der Waals surface area (Å²) >= 11 is 0. The van der Waals surface area contributed by atoms with Gasteiger partial charge in [-0.2, -0.15) is 0 Å². The van der Waals surface area contributed by atoms with Crippen molar-refractivity contribution in [1.29, 1.82) is 0 Å². The van der Waals surface area contributed by atoms with Crippen molar-refractivity contribution < 1.29 is 23.7 Å². The van der Waals surface area contributed by atoms with Crippen LogP contribution in [0.4, 0.5) is 5.95 Å². The quantitative estimate of drug-likeness (QED) is 0.458. The topological polar surface area (TPSA) is 84.8 Å². The number of nitrogens with zero attached hydrogens (tertiary/aromatic N) is 4. The molecule has 1 aromatic heterocycles. The van der Waals surface area contributed by atoms with E-state index in [0.717, 1.165) is 13.1 Å². The van der Waals surface area contributed by atoms with Gasteiger partial charge in [-0.05, 0) is 0 Å². The third-order valence-electron chi connectivity index (χ3n) is 3.56. The molecule has 1 aliphatic rings. The van der Waals surface area contributed by atoms with Gasteiger partial charge >= 0.3 is 18.0 Å². The molecule has 0 amide bonds. The summed E-state index contributed by atoms with van der Waals surface area (Å²) in [6.07, 6.45) is 0. The van der Waals surface area contributed by atoms with Gasteiger partial charge in [0.15, 0.2) is 0 Å². The minimum Gasteiger partial charge on any atom is -0.461 e. The summed E-state index contributed by atoms with van der Waals surface area (Å²) in [5, 5.41) is 0. The molecule has 1 aliphatic heterocycles. The van der Waals surface area contributed by atoms with Crippen LogP contribution in [0.5, 0.6) is 12.0 Å². The Kier molecular flexibility index (Phi) is 6.90. The molecule has 1 aromatic rings. The number of hydrogen-bond acceptors (Lipinski definition) is 8. The van der Waals surface area contributed by atoms with E-state index in [2.05, 4.69) is 22.0 Å². The molecule has 0 radical (unpaired) electrons. The highest BCUT2D eigenvalue weighted by molar-refractivity contribution is 5.28. The van der Waals surface area contributed by atoms with Gasteiger partial charge in [-0.3, -0.25) is 4.48 Å². The van der Waals surface area contributed by atoms with Gasteiger partial charge in [0.05, 0.1) is 33.5 Å². The average molecular weight is 329 g/mol. The molecule has 0 N–H and O–H groups in total. The van der Waals surface area contributed by atoms with Crippen LogP contribution < -0.4 is 14.0 Å². The lowest BCUT2D eigenvalue weighted by Crippen LogP contribution is -2.54. The first-order chi connectivity index (χ1) is 11.2. The molecular weight excluding hydrogens is 304 g/mol. The van der Waals surface area contributed by atoms with Gasteiger partial charge in [-0.15, -0.1) is 15.0 Å². The molecule has 130 valence electrons. The van der Waals surface area contributed by atoms with Crippen LogP contribution in [-0.4, -0.2) is 89.0 Å². The van der Waals surface area contributed by atoms with E-state index >= 15 is 0 Å². The van der Waals surface area contributed by atoms with E-state index in [0.29, 0.717) is 50.1 Å². The van der Waals surface area contributed by atoms with Crippen LogP contribution in [0.25, 0.3) is 0 Å². The summed E-state index contributed by atoms with van der Waals surface area (Å²) in [5.74, 6) is 0.614. The molecule has 1 saturated heterocycles. The summed E-state index contributed by atoms with van der Waals surface area (Å²) in [4.78, 5) is 13.1. The smallest absolute Gasteiger partial charge is 0.338 e. The van der Waals surface area contributed by atoms with E-state index in [4.69, 9.17) is 23.7 Å². The molecule has 0 aromatic carbocycles. The minimum absolute atomic E-state index is 0.241. The van der Waals surface area contributed by atoms with E-state index < -0.39 is 0 Å². The molecule has 23 heavy (non-hydrogen) atoms. The van der Waals surface area contributed by atoms with Gasteiger partial charge < -0.3 is 23.7 Å². The number of hydrogen-bond donors (Lipinski definition) is 0. The second kappa shape index (κ2) is 8.92. The Hall–Kier alpha value is -1.55. The van der Waals surface area contributed by atoms with Gasteiger partial charge in [0.25, 0.3) is 0 Å². The maximum absolute atomic E-state index is 5.53. The van der Waals surface area contributed by atoms with Gasteiger partial charge in [0, 0.05) is 14.2 Å². The number of likely N-dealkylation sites (N-methyl/N-ethyl adjacent to an activating group) is 1. The van der Waals surface area contributed by atoms with E-state index in [1.54, 1.807) is 14.2 Å². The third-order valence-corrected chi connectivity index (χ3v) is 3.56. The predicted octanol–water partition coefficient (Wildman–Crippen LogP) is -0.111. The van der Waals surface area contributed by atoms with Crippen molar-refractivity contribution in [3.63, 3.8) is 0 Å². The standard InChI is InChI=1S/C14H25N4O5/c1-18(4-6-21-7-5-18)12-15-13(22-10-8-19-2)17-14(16-12)23-11-9-20-3/h4-11H2,1-3H3/q+1. The van der Waals surface area contributed by atoms with Crippen molar-refractivity contribution in [3.05, 3.63) is 0 Å². The van der Waals surface area contributed by atoms with Crippen LogP contribution in [-0.2, 0) is 14.2 Å². The van der Waals surface area contributed by atoms with Crippen molar-refractivity contribution >= 4 is 5.95 Å². The van der Waals surface area contributed by atoms with Gasteiger partial charge in [-0.1, -0.05) is 0 Å². The predicted molar refractivity (Wildman–Crippen MR) is 82.8 cm³/mol. The Labute approximate surface area is 136 Å². The molecule has 9 heteroatoms. The Morgan fingerprint density at radius 2 is 1.39 bits per heavy atom. The first-order valence-corrected chi connectivity index (χ1v) is 7.60. The third kappa shape index (κ3) is 5.24. The molecule has 2 heterocycles. The molecule has 0 unspecified atom stereocenters. The van der Waals surface area contributed by atoms with E-state index in [1.165, 1.54) is 0 Å². The SMILES string of the molecule is COCCOc1nc(OCCOC)nc([N+]2(C)CCOCC2)n1. The number of aromatic nitrogens is 3. The summed E-state index contributed by atoms with van der Waals surface area (Å²) in [6, 6.07) is 0.482. The average Bonchev–Trinajstić information content (AvgIpc) is 2.56. The number of morpholine rings is 1. The monoisotopic (exact) mass is 329 g/mol. The number of quaternary nitrogens is 1.